The first-order valence-corrected chi connectivity index (χ1v) is 5.72. The fourth-order valence-electron chi connectivity index (χ4n) is 1.37. The first-order chi connectivity index (χ1) is 7.19. The van der Waals surface area contributed by atoms with Gasteiger partial charge in [-0.1, -0.05) is 15.9 Å². The molecule has 0 aromatic heterocycles. The van der Waals surface area contributed by atoms with Gasteiger partial charge < -0.3 is 10.5 Å². The molecular formula is C11H16BrClFNO. The maximum absolute atomic E-state index is 12.2. The van der Waals surface area contributed by atoms with E-state index >= 15 is 0 Å². The lowest BCUT2D eigenvalue weighted by atomic mass is 10.0. The summed E-state index contributed by atoms with van der Waals surface area (Å²) in [5, 5.41) is 0. The predicted octanol–water partition coefficient (Wildman–Crippen LogP) is 3.63. The van der Waals surface area contributed by atoms with Crippen LogP contribution in [-0.2, 0) is 0 Å². The number of rotatable bonds is 5. The second-order valence-electron chi connectivity index (χ2n) is 3.20. The highest BCUT2D eigenvalue weighted by molar-refractivity contribution is 9.10. The van der Waals surface area contributed by atoms with Crippen LogP contribution >= 0.6 is 28.3 Å². The van der Waals surface area contributed by atoms with Gasteiger partial charge in [-0.15, -0.1) is 12.4 Å². The number of halogens is 3. The van der Waals surface area contributed by atoms with Crippen LogP contribution in [-0.4, -0.2) is 13.3 Å². The average molecular weight is 313 g/mol. The van der Waals surface area contributed by atoms with E-state index in [4.69, 9.17) is 10.5 Å². The van der Waals surface area contributed by atoms with Crippen molar-refractivity contribution in [2.24, 2.45) is 5.73 Å². The zero-order valence-electron chi connectivity index (χ0n) is 9.08. The SMILES string of the molecule is CCOc1ccc(Br)cc1[C@@H](N)CCF.Cl. The first kappa shape index (κ1) is 15.7. The van der Waals surface area contributed by atoms with Gasteiger partial charge in [-0.25, -0.2) is 0 Å². The van der Waals surface area contributed by atoms with Crippen molar-refractivity contribution in [3.63, 3.8) is 0 Å². The third-order valence-electron chi connectivity index (χ3n) is 2.09. The van der Waals surface area contributed by atoms with E-state index in [1.807, 2.05) is 25.1 Å². The maximum atomic E-state index is 12.2. The minimum atomic E-state index is -0.417. The summed E-state index contributed by atoms with van der Waals surface area (Å²) in [5.74, 6) is 0.738. The Morgan fingerprint density at radius 3 is 2.75 bits per heavy atom. The highest BCUT2D eigenvalue weighted by atomic mass is 79.9. The van der Waals surface area contributed by atoms with Crippen molar-refractivity contribution in [3.8, 4) is 5.75 Å². The molecule has 1 rings (SSSR count). The monoisotopic (exact) mass is 311 g/mol. The van der Waals surface area contributed by atoms with E-state index in [1.54, 1.807) is 0 Å². The van der Waals surface area contributed by atoms with Crippen molar-refractivity contribution in [2.75, 3.05) is 13.3 Å². The largest absolute Gasteiger partial charge is 0.494 e. The molecule has 0 aliphatic rings. The molecule has 1 atom stereocenters. The van der Waals surface area contributed by atoms with E-state index in [-0.39, 0.29) is 18.4 Å². The zero-order valence-corrected chi connectivity index (χ0v) is 11.5. The molecular weight excluding hydrogens is 296 g/mol. The normalized spacial score (nSPS) is 11.8. The van der Waals surface area contributed by atoms with Crippen LogP contribution < -0.4 is 10.5 Å². The summed E-state index contributed by atoms with van der Waals surface area (Å²) in [5.41, 5.74) is 6.72. The van der Waals surface area contributed by atoms with Gasteiger partial charge in [-0.3, -0.25) is 4.39 Å². The van der Waals surface area contributed by atoms with E-state index in [1.165, 1.54) is 0 Å². The number of hydrogen-bond acceptors (Lipinski definition) is 2. The zero-order chi connectivity index (χ0) is 11.3. The Hall–Kier alpha value is -0.320. The molecule has 2 nitrogen and oxygen atoms in total. The van der Waals surface area contributed by atoms with Crippen LogP contribution in [0.3, 0.4) is 0 Å². The quantitative estimate of drug-likeness (QED) is 0.901. The van der Waals surface area contributed by atoms with Gasteiger partial charge in [-0.05, 0) is 31.5 Å². The fraction of sp³-hybridized carbons (Fsp3) is 0.455. The number of alkyl halides is 1. The van der Waals surface area contributed by atoms with Crippen LogP contribution in [0.2, 0.25) is 0 Å². The molecule has 0 saturated heterocycles. The molecule has 16 heavy (non-hydrogen) atoms. The standard InChI is InChI=1S/C11H15BrFNO.ClH/c1-2-15-11-4-3-8(12)7-9(11)10(14)5-6-13;/h3-4,7,10H,2,5-6,14H2,1H3;1H/t10-;/m0./s1. The topological polar surface area (TPSA) is 35.2 Å². The van der Waals surface area contributed by atoms with Gasteiger partial charge in [0.25, 0.3) is 0 Å². The van der Waals surface area contributed by atoms with Crippen LogP contribution in [0.15, 0.2) is 22.7 Å². The van der Waals surface area contributed by atoms with E-state index in [2.05, 4.69) is 15.9 Å². The van der Waals surface area contributed by atoms with Crippen LogP contribution in [0.5, 0.6) is 5.75 Å². The Balaban J connectivity index is 0.00000225. The third-order valence-corrected chi connectivity index (χ3v) is 2.58. The van der Waals surface area contributed by atoms with E-state index in [0.717, 1.165) is 15.8 Å². The minimum Gasteiger partial charge on any atom is -0.494 e. The fourth-order valence-corrected chi connectivity index (χ4v) is 1.75. The van der Waals surface area contributed by atoms with Crippen molar-refractivity contribution < 1.29 is 9.13 Å². The smallest absolute Gasteiger partial charge is 0.124 e. The third kappa shape index (κ3) is 4.28. The Morgan fingerprint density at radius 1 is 1.50 bits per heavy atom. The van der Waals surface area contributed by atoms with Gasteiger partial charge >= 0.3 is 0 Å². The number of ether oxygens (including phenoxy) is 1. The van der Waals surface area contributed by atoms with Gasteiger partial charge in [0.15, 0.2) is 0 Å². The number of benzene rings is 1. The highest BCUT2D eigenvalue weighted by Gasteiger charge is 2.12. The van der Waals surface area contributed by atoms with Crippen LogP contribution in [0, 0.1) is 0 Å². The van der Waals surface area contributed by atoms with Gasteiger partial charge in [-0.2, -0.15) is 0 Å². The Morgan fingerprint density at radius 2 is 2.19 bits per heavy atom. The summed E-state index contributed by atoms with van der Waals surface area (Å²) in [6.07, 6.45) is 0.316. The van der Waals surface area contributed by atoms with Crippen LogP contribution in [0.25, 0.3) is 0 Å². The summed E-state index contributed by atoms with van der Waals surface area (Å²) in [6.45, 7) is 2.07. The number of nitrogens with two attached hydrogens (primary N) is 1. The van der Waals surface area contributed by atoms with Crippen LogP contribution in [0.4, 0.5) is 4.39 Å². The molecule has 1 aromatic carbocycles. The van der Waals surface area contributed by atoms with Gasteiger partial charge in [0.2, 0.25) is 0 Å². The molecule has 2 N–H and O–H groups in total. The van der Waals surface area contributed by atoms with Crippen molar-refractivity contribution >= 4 is 28.3 Å². The summed E-state index contributed by atoms with van der Waals surface area (Å²) >= 11 is 3.36. The summed E-state index contributed by atoms with van der Waals surface area (Å²) in [6, 6.07) is 5.30. The lowest BCUT2D eigenvalue weighted by Crippen LogP contribution is -2.12. The molecule has 0 unspecified atom stereocenters. The van der Waals surface area contributed by atoms with Crippen molar-refractivity contribution in [1.82, 2.24) is 0 Å². The molecule has 0 saturated carbocycles. The molecule has 0 aliphatic heterocycles. The van der Waals surface area contributed by atoms with Gasteiger partial charge in [0, 0.05) is 16.1 Å². The molecule has 5 heteroatoms. The molecule has 92 valence electrons. The molecule has 0 heterocycles. The lowest BCUT2D eigenvalue weighted by Gasteiger charge is -2.15. The van der Waals surface area contributed by atoms with Crippen LogP contribution in [0.1, 0.15) is 24.9 Å². The Kier molecular flexibility index (Phi) is 7.72. The van der Waals surface area contributed by atoms with Gasteiger partial charge in [0.05, 0.1) is 13.3 Å². The molecule has 0 bridgehead atoms. The highest BCUT2D eigenvalue weighted by Crippen LogP contribution is 2.29. The maximum Gasteiger partial charge on any atom is 0.124 e. The second kappa shape index (κ2) is 7.87. The molecule has 1 aromatic rings. The van der Waals surface area contributed by atoms with Crippen molar-refractivity contribution in [1.29, 1.82) is 0 Å². The average Bonchev–Trinajstić information content (AvgIpc) is 2.21. The molecule has 0 spiro atoms. The van der Waals surface area contributed by atoms with E-state index in [9.17, 15) is 4.39 Å². The predicted molar refractivity (Wildman–Crippen MR) is 70.1 cm³/mol. The molecule has 0 fully saturated rings. The first-order valence-electron chi connectivity index (χ1n) is 4.92. The lowest BCUT2D eigenvalue weighted by molar-refractivity contribution is 0.331. The van der Waals surface area contributed by atoms with E-state index in [0.29, 0.717) is 13.0 Å². The molecule has 0 amide bonds. The Bertz CT molecular complexity index is 325. The second-order valence-corrected chi connectivity index (χ2v) is 4.11. The number of hydrogen-bond donors (Lipinski definition) is 1. The van der Waals surface area contributed by atoms with Crippen molar-refractivity contribution in [3.05, 3.63) is 28.2 Å². The molecule has 0 radical (unpaired) electrons. The summed E-state index contributed by atoms with van der Waals surface area (Å²) in [4.78, 5) is 0. The molecule has 0 aliphatic carbocycles. The summed E-state index contributed by atoms with van der Waals surface area (Å²) < 4.78 is 18.6. The van der Waals surface area contributed by atoms with E-state index < -0.39 is 6.67 Å². The van der Waals surface area contributed by atoms with Gasteiger partial charge in [0.1, 0.15) is 5.75 Å². The van der Waals surface area contributed by atoms with Crippen molar-refractivity contribution in [2.45, 2.75) is 19.4 Å². The summed E-state index contributed by atoms with van der Waals surface area (Å²) in [7, 11) is 0. The minimum absolute atomic E-state index is 0. The Labute approximate surface area is 110 Å².